The van der Waals surface area contributed by atoms with Crippen LogP contribution in [-0.2, 0) is 13.5 Å². The van der Waals surface area contributed by atoms with E-state index >= 15 is 0 Å². The average molecular weight is 236 g/mol. The summed E-state index contributed by atoms with van der Waals surface area (Å²) in [5.41, 5.74) is 0. The minimum Gasteiger partial charge on any atom is -0.496 e. The van der Waals surface area contributed by atoms with Gasteiger partial charge in [-0.15, -0.1) is 11.3 Å². The molecule has 0 radical (unpaired) electrons. The number of nitrogens with zero attached hydrogens (tertiary/aromatic N) is 2. The molecule has 16 heavy (non-hydrogen) atoms. The third-order valence-electron chi connectivity index (χ3n) is 2.33. The van der Waals surface area contributed by atoms with Crippen molar-refractivity contribution in [1.29, 1.82) is 0 Å². The van der Waals surface area contributed by atoms with Crippen molar-refractivity contribution < 1.29 is 9.53 Å². The van der Waals surface area contributed by atoms with Gasteiger partial charge in [0, 0.05) is 30.9 Å². The van der Waals surface area contributed by atoms with Crippen LogP contribution in [0.25, 0.3) is 0 Å². The minimum absolute atomic E-state index is 0.0719. The molecule has 2 aromatic rings. The molecule has 2 heterocycles. The molecule has 0 bridgehead atoms. The highest BCUT2D eigenvalue weighted by Gasteiger charge is 2.12. The van der Waals surface area contributed by atoms with Crippen LogP contribution in [0.4, 0.5) is 0 Å². The van der Waals surface area contributed by atoms with E-state index in [4.69, 9.17) is 4.74 Å². The maximum Gasteiger partial charge on any atom is 0.180 e. The summed E-state index contributed by atoms with van der Waals surface area (Å²) in [4.78, 5) is 16.7. The Morgan fingerprint density at radius 3 is 3.00 bits per heavy atom. The summed E-state index contributed by atoms with van der Waals surface area (Å²) in [6.45, 7) is 0. The van der Waals surface area contributed by atoms with E-state index in [1.165, 1.54) is 11.3 Å². The number of methoxy groups -OCH3 is 1. The second-order valence-electron chi connectivity index (χ2n) is 3.41. The van der Waals surface area contributed by atoms with Gasteiger partial charge >= 0.3 is 0 Å². The second kappa shape index (κ2) is 4.49. The molecular weight excluding hydrogens is 224 g/mol. The first-order valence-corrected chi connectivity index (χ1v) is 5.70. The lowest BCUT2D eigenvalue weighted by Crippen LogP contribution is -2.06. The lowest BCUT2D eigenvalue weighted by Gasteiger charge is -1.99. The minimum atomic E-state index is 0.0719. The summed E-state index contributed by atoms with van der Waals surface area (Å²) in [5.74, 6) is 1.58. The first kappa shape index (κ1) is 10.9. The van der Waals surface area contributed by atoms with Crippen LogP contribution < -0.4 is 4.74 Å². The number of rotatable bonds is 4. The van der Waals surface area contributed by atoms with E-state index in [9.17, 15) is 4.79 Å². The molecule has 2 rings (SSSR count). The van der Waals surface area contributed by atoms with Gasteiger partial charge in [0.2, 0.25) is 0 Å². The largest absolute Gasteiger partial charge is 0.496 e. The molecule has 0 spiro atoms. The van der Waals surface area contributed by atoms with E-state index in [-0.39, 0.29) is 5.78 Å². The summed E-state index contributed by atoms with van der Waals surface area (Å²) in [6, 6.07) is 1.76. The second-order valence-corrected chi connectivity index (χ2v) is 4.32. The first-order chi connectivity index (χ1) is 7.70. The van der Waals surface area contributed by atoms with Gasteiger partial charge in [-0.1, -0.05) is 0 Å². The number of hydrogen-bond acceptors (Lipinski definition) is 4. The topological polar surface area (TPSA) is 44.1 Å². The number of carbonyl (C=O) groups excluding carboxylic acids is 1. The van der Waals surface area contributed by atoms with Crippen molar-refractivity contribution in [2.75, 3.05) is 7.11 Å². The smallest absolute Gasteiger partial charge is 0.180 e. The van der Waals surface area contributed by atoms with Crippen molar-refractivity contribution in [3.63, 3.8) is 0 Å². The van der Waals surface area contributed by atoms with Crippen LogP contribution in [0, 0.1) is 0 Å². The molecule has 5 heteroatoms. The number of hydrogen-bond donors (Lipinski definition) is 0. The molecule has 0 aromatic carbocycles. The number of thiophene rings is 1. The van der Waals surface area contributed by atoms with E-state index in [2.05, 4.69) is 4.98 Å². The number of ether oxygens (including phenoxy) is 1. The molecule has 84 valence electrons. The van der Waals surface area contributed by atoms with Gasteiger partial charge in [0.15, 0.2) is 5.78 Å². The highest BCUT2D eigenvalue weighted by molar-refractivity contribution is 7.12. The number of aryl methyl sites for hydroxylation is 1. The first-order valence-electron chi connectivity index (χ1n) is 4.82. The number of Topliss-reactive ketones (excluding diaryl/α,β-unsaturated/α-hetero) is 1. The summed E-state index contributed by atoms with van der Waals surface area (Å²) >= 11 is 1.40. The van der Waals surface area contributed by atoms with Gasteiger partial charge in [-0.05, 0) is 0 Å². The Morgan fingerprint density at radius 2 is 2.44 bits per heavy atom. The van der Waals surface area contributed by atoms with Gasteiger partial charge in [-0.3, -0.25) is 4.79 Å². The van der Waals surface area contributed by atoms with E-state index in [0.717, 1.165) is 11.6 Å². The molecule has 0 N–H and O–H groups in total. The lowest BCUT2D eigenvalue weighted by atomic mass is 10.2. The zero-order chi connectivity index (χ0) is 11.5. The highest BCUT2D eigenvalue weighted by atomic mass is 32.1. The summed E-state index contributed by atoms with van der Waals surface area (Å²) in [7, 11) is 3.47. The molecule has 2 aromatic heterocycles. The van der Waals surface area contributed by atoms with E-state index in [1.54, 1.807) is 19.4 Å². The molecule has 0 aliphatic carbocycles. The molecule has 0 saturated carbocycles. The van der Waals surface area contributed by atoms with Crippen molar-refractivity contribution in [1.82, 2.24) is 9.55 Å². The van der Waals surface area contributed by atoms with Gasteiger partial charge < -0.3 is 9.30 Å². The van der Waals surface area contributed by atoms with E-state index < -0.39 is 0 Å². The Balaban J connectivity index is 2.11. The Labute approximate surface area is 97.5 Å². The summed E-state index contributed by atoms with van der Waals surface area (Å²) in [6.07, 6.45) is 3.85. The zero-order valence-corrected chi connectivity index (χ0v) is 9.95. The maximum absolute atomic E-state index is 11.9. The van der Waals surface area contributed by atoms with Gasteiger partial charge in [-0.2, -0.15) is 0 Å². The van der Waals surface area contributed by atoms with E-state index in [1.807, 2.05) is 23.2 Å². The van der Waals surface area contributed by atoms with Crippen LogP contribution in [0.5, 0.6) is 5.75 Å². The predicted molar refractivity (Wildman–Crippen MR) is 62.1 cm³/mol. The Bertz CT molecular complexity index is 502. The third-order valence-corrected chi connectivity index (χ3v) is 3.28. The fourth-order valence-corrected chi connectivity index (χ4v) is 2.16. The van der Waals surface area contributed by atoms with Gasteiger partial charge in [0.05, 0.1) is 18.4 Å². The molecular formula is C11H12N2O2S. The number of imidazole rings is 1. The van der Waals surface area contributed by atoms with Gasteiger partial charge in [-0.25, -0.2) is 4.98 Å². The van der Waals surface area contributed by atoms with E-state index in [0.29, 0.717) is 11.3 Å². The molecule has 0 saturated heterocycles. The summed E-state index contributed by atoms with van der Waals surface area (Å²) < 4.78 is 6.89. The van der Waals surface area contributed by atoms with Gasteiger partial charge in [0.25, 0.3) is 0 Å². The fourth-order valence-electron chi connectivity index (χ4n) is 1.37. The number of aromatic nitrogens is 2. The normalized spacial score (nSPS) is 10.4. The highest BCUT2D eigenvalue weighted by Crippen LogP contribution is 2.22. The average Bonchev–Trinajstić information content (AvgIpc) is 2.88. The van der Waals surface area contributed by atoms with Crippen molar-refractivity contribution in [3.05, 3.63) is 34.5 Å². The van der Waals surface area contributed by atoms with Gasteiger partial charge in [0.1, 0.15) is 11.6 Å². The molecule has 4 nitrogen and oxygen atoms in total. The van der Waals surface area contributed by atoms with Crippen molar-refractivity contribution in [3.8, 4) is 5.75 Å². The SMILES string of the molecule is COc1csc(C(=O)Cc2nccn2C)c1. The van der Waals surface area contributed by atoms with Crippen LogP contribution in [0.2, 0.25) is 0 Å². The quantitative estimate of drug-likeness (QED) is 0.762. The molecule has 0 fully saturated rings. The van der Waals surface area contributed by atoms with Crippen molar-refractivity contribution in [2.24, 2.45) is 7.05 Å². The fraction of sp³-hybridized carbons (Fsp3) is 0.273. The molecule has 0 aliphatic rings. The maximum atomic E-state index is 11.9. The summed E-state index contributed by atoms with van der Waals surface area (Å²) in [5, 5.41) is 1.83. The third kappa shape index (κ3) is 2.14. The Kier molecular flexibility index (Phi) is 3.05. The van der Waals surface area contributed by atoms with Crippen molar-refractivity contribution in [2.45, 2.75) is 6.42 Å². The van der Waals surface area contributed by atoms with Crippen LogP contribution in [0.1, 0.15) is 15.5 Å². The molecule has 0 atom stereocenters. The lowest BCUT2D eigenvalue weighted by molar-refractivity contribution is 0.0993. The van der Waals surface area contributed by atoms with Crippen LogP contribution in [0.15, 0.2) is 23.8 Å². The Hall–Kier alpha value is -1.62. The van der Waals surface area contributed by atoms with Crippen LogP contribution >= 0.6 is 11.3 Å². The number of ketones is 1. The monoisotopic (exact) mass is 236 g/mol. The Morgan fingerprint density at radius 1 is 1.62 bits per heavy atom. The van der Waals surface area contributed by atoms with Crippen LogP contribution in [0.3, 0.4) is 0 Å². The van der Waals surface area contributed by atoms with Crippen molar-refractivity contribution >= 4 is 17.1 Å². The zero-order valence-electron chi connectivity index (χ0n) is 9.14. The number of carbonyl (C=O) groups is 1. The molecule has 0 aliphatic heterocycles. The predicted octanol–water partition coefficient (Wildman–Crippen LogP) is 1.92. The molecule has 0 unspecified atom stereocenters. The molecule has 0 amide bonds. The standard InChI is InChI=1S/C11H12N2O2S/c1-13-4-3-12-11(13)6-9(14)10-5-8(15-2)7-16-10/h3-5,7H,6H2,1-2H3. The van der Waals surface area contributed by atoms with Crippen LogP contribution in [-0.4, -0.2) is 22.4 Å².